The van der Waals surface area contributed by atoms with Gasteiger partial charge in [-0.3, -0.25) is 0 Å². The Hall–Kier alpha value is -1.06. The van der Waals surface area contributed by atoms with E-state index >= 15 is 0 Å². The van der Waals surface area contributed by atoms with Crippen molar-refractivity contribution in [2.45, 2.75) is 25.8 Å². The Balaban J connectivity index is 2.93. The summed E-state index contributed by atoms with van der Waals surface area (Å²) in [6.07, 6.45) is 1.28. The van der Waals surface area contributed by atoms with E-state index in [0.717, 1.165) is 17.7 Å². The number of carbonyl (C=O) groups is 1. The third-order valence-electron chi connectivity index (χ3n) is 2.70. The van der Waals surface area contributed by atoms with Crippen LogP contribution in [0.4, 0.5) is 0 Å². The molecular formula is C13H18ClNO2. The van der Waals surface area contributed by atoms with Gasteiger partial charge in [-0.15, -0.1) is 0 Å². The van der Waals surface area contributed by atoms with Gasteiger partial charge in [0, 0.05) is 23.0 Å². The Kier molecular flexibility index (Phi) is 5.45. The van der Waals surface area contributed by atoms with Gasteiger partial charge in [0.05, 0.1) is 7.11 Å². The summed E-state index contributed by atoms with van der Waals surface area (Å²) < 4.78 is 5.31. The lowest BCUT2D eigenvalue weighted by atomic mass is 10.00. The quantitative estimate of drug-likeness (QED) is 0.849. The smallest absolute Gasteiger partial charge is 0.129 e. The molecule has 0 aliphatic rings. The number of ether oxygens (including phenoxy) is 1. The van der Waals surface area contributed by atoms with E-state index in [4.69, 9.17) is 16.3 Å². The zero-order chi connectivity index (χ0) is 12.8. The second-order valence-corrected chi connectivity index (χ2v) is 4.40. The number of Topliss-reactive ketones (excluding diaryl/α,β-unsaturated/α-hetero) is 1. The largest absolute Gasteiger partial charge is 0.496 e. The first-order valence-electron chi connectivity index (χ1n) is 5.58. The van der Waals surface area contributed by atoms with Crippen LogP contribution in [-0.2, 0) is 4.79 Å². The summed E-state index contributed by atoms with van der Waals surface area (Å²) in [5, 5.41) is 3.86. The number of carbonyl (C=O) groups excluding carboxylic acids is 1. The number of rotatable bonds is 6. The number of benzene rings is 1. The molecule has 4 heteroatoms. The number of nitrogens with one attached hydrogen (secondary N) is 1. The highest BCUT2D eigenvalue weighted by molar-refractivity contribution is 6.30. The van der Waals surface area contributed by atoms with Gasteiger partial charge in [-0.2, -0.15) is 0 Å². The van der Waals surface area contributed by atoms with E-state index in [0.29, 0.717) is 11.4 Å². The summed E-state index contributed by atoms with van der Waals surface area (Å²) in [6.45, 7) is 1.60. The summed E-state index contributed by atoms with van der Waals surface area (Å²) in [7, 11) is 3.50. The van der Waals surface area contributed by atoms with Crippen molar-refractivity contribution < 1.29 is 9.53 Å². The van der Waals surface area contributed by atoms with Crippen LogP contribution in [0.3, 0.4) is 0 Å². The predicted octanol–water partition coefficient (Wildman–Crippen LogP) is 2.98. The van der Waals surface area contributed by atoms with E-state index < -0.39 is 0 Å². The minimum Gasteiger partial charge on any atom is -0.496 e. The van der Waals surface area contributed by atoms with Crippen LogP contribution < -0.4 is 10.1 Å². The molecule has 0 aliphatic carbocycles. The maximum atomic E-state index is 11.0. The van der Waals surface area contributed by atoms with Gasteiger partial charge in [0.15, 0.2) is 0 Å². The average Bonchev–Trinajstić information content (AvgIpc) is 2.30. The van der Waals surface area contributed by atoms with Gasteiger partial charge in [-0.1, -0.05) is 11.6 Å². The van der Waals surface area contributed by atoms with Gasteiger partial charge in [0.2, 0.25) is 0 Å². The first-order chi connectivity index (χ1) is 8.08. The molecule has 0 spiro atoms. The molecule has 1 aromatic carbocycles. The van der Waals surface area contributed by atoms with Crippen molar-refractivity contribution >= 4 is 17.4 Å². The average molecular weight is 256 g/mol. The number of halogens is 1. The molecule has 94 valence electrons. The van der Waals surface area contributed by atoms with E-state index in [1.807, 2.05) is 19.2 Å². The summed E-state index contributed by atoms with van der Waals surface area (Å²) >= 11 is 5.99. The second-order valence-electron chi connectivity index (χ2n) is 3.97. The lowest BCUT2D eigenvalue weighted by Gasteiger charge is -2.19. The van der Waals surface area contributed by atoms with Gasteiger partial charge < -0.3 is 14.8 Å². The second kappa shape index (κ2) is 6.62. The van der Waals surface area contributed by atoms with Crippen LogP contribution in [0.5, 0.6) is 5.75 Å². The van der Waals surface area contributed by atoms with Crippen LogP contribution >= 0.6 is 11.6 Å². The topological polar surface area (TPSA) is 38.3 Å². The molecule has 1 rings (SSSR count). The maximum absolute atomic E-state index is 11.0. The normalized spacial score (nSPS) is 12.2. The van der Waals surface area contributed by atoms with E-state index in [2.05, 4.69) is 5.32 Å². The van der Waals surface area contributed by atoms with Crippen LogP contribution in [-0.4, -0.2) is 19.9 Å². The highest BCUT2D eigenvalue weighted by atomic mass is 35.5. The monoisotopic (exact) mass is 255 g/mol. The van der Waals surface area contributed by atoms with Crippen molar-refractivity contribution in [1.82, 2.24) is 5.32 Å². The number of methoxy groups -OCH3 is 1. The lowest BCUT2D eigenvalue weighted by molar-refractivity contribution is -0.117. The van der Waals surface area contributed by atoms with E-state index in [1.165, 1.54) is 0 Å². The minimum atomic E-state index is 0.0764. The predicted molar refractivity (Wildman–Crippen MR) is 69.7 cm³/mol. The molecule has 0 aromatic heterocycles. The molecule has 1 atom stereocenters. The molecule has 0 saturated heterocycles. The van der Waals surface area contributed by atoms with Crippen molar-refractivity contribution in [3.8, 4) is 5.75 Å². The fraction of sp³-hybridized carbons (Fsp3) is 0.462. The zero-order valence-corrected chi connectivity index (χ0v) is 11.2. The standard InChI is InChI=1S/C13H18ClNO2/c1-9(16)4-6-12(15-2)11-8-10(14)5-7-13(11)17-3/h5,7-8,12,15H,4,6H2,1-3H3. The third kappa shape index (κ3) is 4.02. The molecule has 0 saturated carbocycles. The molecule has 0 radical (unpaired) electrons. The van der Waals surface area contributed by atoms with Crippen LogP contribution in [0.1, 0.15) is 31.4 Å². The summed E-state index contributed by atoms with van der Waals surface area (Å²) in [5.74, 6) is 0.976. The first-order valence-corrected chi connectivity index (χ1v) is 5.96. The fourth-order valence-electron chi connectivity index (χ4n) is 1.78. The molecule has 1 aromatic rings. The van der Waals surface area contributed by atoms with Crippen LogP contribution in [0, 0.1) is 0 Å². The molecule has 0 aliphatic heterocycles. The number of ketones is 1. The molecule has 17 heavy (non-hydrogen) atoms. The maximum Gasteiger partial charge on any atom is 0.129 e. The molecule has 3 nitrogen and oxygen atoms in total. The van der Waals surface area contributed by atoms with E-state index in [1.54, 1.807) is 20.1 Å². The van der Waals surface area contributed by atoms with Crippen molar-refractivity contribution in [2.75, 3.05) is 14.2 Å². The Labute approximate surface area is 107 Å². The Bertz CT molecular complexity index is 393. The van der Waals surface area contributed by atoms with Crippen LogP contribution in [0.2, 0.25) is 5.02 Å². The Morgan fingerprint density at radius 2 is 2.24 bits per heavy atom. The van der Waals surface area contributed by atoms with Gasteiger partial charge >= 0.3 is 0 Å². The van der Waals surface area contributed by atoms with Gasteiger partial charge in [0.1, 0.15) is 11.5 Å². The van der Waals surface area contributed by atoms with E-state index in [-0.39, 0.29) is 11.8 Å². The molecule has 0 amide bonds. The first kappa shape index (κ1) is 14.0. The highest BCUT2D eigenvalue weighted by Crippen LogP contribution is 2.30. The molecule has 1 unspecified atom stereocenters. The molecule has 1 N–H and O–H groups in total. The molecule has 0 bridgehead atoms. The zero-order valence-electron chi connectivity index (χ0n) is 10.4. The van der Waals surface area contributed by atoms with Gasteiger partial charge in [-0.05, 0) is 38.6 Å². The molecular weight excluding hydrogens is 238 g/mol. The third-order valence-corrected chi connectivity index (χ3v) is 2.94. The summed E-state index contributed by atoms with van der Waals surface area (Å²) in [4.78, 5) is 11.0. The number of hydrogen-bond acceptors (Lipinski definition) is 3. The molecule has 0 heterocycles. The fourth-order valence-corrected chi connectivity index (χ4v) is 1.96. The van der Waals surface area contributed by atoms with Crippen molar-refractivity contribution in [2.24, 2.45) is 0 Å². The summed E-state index contributed by atoms with van der Waals surface area (Å²) in [6, 6.07) is 5.59. The lowest BCUT2D eigenvalue weighted by Crippen LogP contribution is -2.18. The number of hydrogen-bond donors (Lipinski definition) is 1. The minimum absolute atomic E-state index is 0.0764. The Morgan fingerprint density at radius 1 is 1.53 bits per heavy atom. The van der Waals surface area contributed by atoms with Crippen molar-refractivity contribution in [1.29, 1.82) is 0 Å². The van der Waals surface area contributed by atoms with E-state index in [9.17, 15) is 4.79 Å². The van der Waals surface area contributed by atoms with Gasteiger partial charge in [0.25, 0.3) is 0 Å². The molecule has 0 fully saturated rings. The highest BCUT2D eigenvalue weighted by Gasteiger charge is 2.15. The van der Waals surface area contributed by atoms with Crippen LogP contribution in [0.15, 0.2) is 18.2 Å². The van der Waals surface area contributed by atoms with Crippen LogP contribution in [0.25, 0.3) is 0 Å². The van der Waals surface area contributed by atoms with Crippen molar-refractivity contribution in [3.63, 3.8) is 0 Å². The van der Waals surface area contributed by atoms with Gasteiger partial charge in [-0.25, -0.2) is 0 Å². The SMILES string of the molecule is CNC(CCC(C)=O)c1cc(Cl)ccc1OC. The summed E-state index contributed by atoms with van der Waals surface area (Å²) in [5.41, 5.74) is 0.990. The van der Waals surface area contributed by atoms with Crippen molar-refractivity contribution in [3.05, 3.63) is 28.8 Å². The Morgan fingerprint density at radius 3 is 2.76 bits per heavy atom.